The minimum absolute atomic E-state index is 0.0666. The fraction of sp³-hybridized carbons (Fsp3) is 0.400. The van der Waals surface area contributed by atoms with E-state index in [0.29, 0.717) is 0 Å². The van der Waals surface area contributed by atoms with Gasteiger partial charge >= 0.3 is 0 Å². The Balaban J connectivity index is 0.000000242. The number of rotatable bonds is 5. The minimum atomic E-state index is -4.02. The SMILES string of the molecule is C1CCC(C2CCCCC2)CC1.Cc1ccc(S(=O)(=O)O)cc1.Cc1ccc(S(=O)(=O)O)cc1.Cc1ccc(S(=O)(=O)O)cc1.Cc1ccc(S(=O)(=O)O)cc1. The Morgan fingerprint density at radius 2 is 0.482 bits per heavy atom. The third-order valence-corrected chi connectivity index (χ3v) is 12.7. The van der Waals surface area contributed by atoms with E-state index < -0.39 is 40.5 Å². The minimum Gasteiger partial charge on any atom is -0.282 e. The largest absolute Gasteiger partial charge is 0.294 e. The van der Waals surface area contributed by atoms with E-state index in [1.54, 1.807) is 74.2 Å². The highest BCUT2D eigenvalue weighted by Gasteiger charge is 2.24. The Bertz CT molecular complexity index is 1900. The fourth-order valence-electron chi connectivity index (χ4n) is 6.05. The lowest BCUT2D eigenvalue weighted by Crippen LogP contribution is -2.20. The van der Waals surface area contributed by atoms with E-state index in [9.17, 15) is 33.7 Å². The fourth-order valence-corrected chi connectivity index (χ4v) is 7.97. The predicted molar refractivity (Wildman–Crippen MR) is 217 cm³/mol. The summed E-state index contributed by atoms with van der Waals surface area (Å²) in [5, 5.41) is 0. The van der Waals surface area contributed by atoms with Crippen LogP contribution in [0.15, 0.2) is 117 Å². The van der Waals surface area contributed by atoms with E-state index in [4.69, 9.17) is 18.2 Å². The van der Waals surface area contributed by atoms with E-state index in [1.165, 1.54) is 87.1 Å². The molecule has 4 N–H and O–H groups in total. The second-order valence-corrected chi connectivity index (χ2v) is 19.6. The first-order valence-corrected chi connectivity index (χ1v) is 23.9. The molecule has 0 amide bonds. The Kier molecular flexibility index (Phi) is 19.5. The topological polar surface area (TPSA) is 217 Å². The molecule has 12 nitrogen and oxygen atoms in total. The summed E-state index contributed by atoms with van der Waals surface area (Å²) < 4.78 is 118. The molecule has 56 heavy (non-hydrogen) atoms. The number of benzene rings is 4. The van der Waals surface area contributed by atoms with Gasteiger partial charge < -0.3 is 0 Å². The molecule has 0 heterocycles. The molecule has 4 aromatic rings. The molecule has 6 rings (SSSR count). The monoisotopic (exact) mass is 854 g/mol. The van der Waals surface area contributed by atoms with Crippen LogP contribution in [0, 0.1) is 39.5 Å². The predicted octanol–water partition coefficient (Wildman–Crippen LogP) is 9.11. The quantitative estimate of drug-likeness (QED) is 0.138. The van der Waals surface area contributed by atoms with Crippen molar-refractivity contribution >= 4 is 40.5 Å². The van der Waals surface area contributed by atoms with Crippen LogP contribution in [0.3, 0.4) is 0 Å². The van der Waals surface area contributed by atoms with Gasteiger partial charge in [-0.25, -0.2) is 0 Å². The second kappa shape index (κ2) is 22.5. The first kappa shape index (κ1) is 48.7. The van der Waals surface area contributed by atoms with Crippen LogP contribution in [-0.2, 0) is 40.5 Å². The van der Waals surface area contributed by atoms with Crippen molar-refractivity contribution in [3.8, 4) is 0 Å². The molecule has 2 saturated carbocycles. The molecule has 0 aromatic heterocycles. The number of aryl methyl sites for hydroxylation is 4. The summed E-state index contributed by atoms with van der Waals surface area (Å²) in [7, 11) is -16.1. The Morgan fingerprint density at radius 3 is 0.625 bits per heavy atom. The van der Waals surface area contributed by atoms with Gasteiger partial charge in [-0.3, -0.25) is 18.2 Å². The molecule has 0 unspecified atom stereocenters. The molecule has 0 bridgehead atoms. The van der Waals surface area contributed by atoms with Gasteiger partial charge in [0.25, 0.3) is 40.5 Å². The van der Waals surface area contributed by atoms with Crippen molar-refractivity contribution in [1.29, 1.82) is 0 Å². The molecule has 0 spiro atoms. The summed E-state index contributed by atoms with van der Waals surface area (Å²) in [6.45, 7) is 7.36. The first-order chi connectivity index (χ1) is 26.0. The lowest BCUT2D eigenvalue weighted by Gasteiger charge is -2.32. The van der Waals surface area contributed by atoms with Crippen LogP contribution in [0.25, 0.3) is 0 Å². The maximum Gasteiger partial charge on any atom is 0.294 e. The normalized spacial score (nSPS) is 15.2. The summed E-state index contributed by atoms with van der Waals surface area (Å²) in [5.41, 5.74) is 3.82. The van der Waals surface area contributed by atoms with E-state index in [-0.39, 0.29) is 19.6 Å². The van der Waals surface area contributed by atoms with Crippen LogP contribution in [0.1, 0.15) is 86.5 Å². The molecule has 0 saturated heterocycles. The van der Waals surface area contributed by atoms with Gasteiger partial charge in [-0.1, -0.05) is 135 Å². The molecule has 2 aliphatic rings. The smallest absolute Gasteiger partial charge is 0.282 e. The maximum atomic E-state index is 10.5. The average molecular weight is 855 g/mol. The highest BCUT2D eigenvalue weighted by molar-refractivity contribution is 7.86. The van der Waals surface area contributed by atoms with Crippen molar-refractivity contribution in [3.63, 3.8) is 0 Å². The van der Waals surface area contributed by atoms with Crippen molar-refractivity contribution in [2.45, 2.75) is 111 Å². The van der Waals surface area contributed by atoms with Crippen molar-refractivity contribution in [2.75, 3.05) is 0 Å². The van der Waals surface area contributed by atoms with Crippen molar-refractivity contribution in [1.82, 2.24) is 0 Å². The number of hydrogen-bond donors (Lipinski definition) is 4. The van der Waals surface area contributed by atoms with E-state index >= 15 is 0 Å². The zero-order valence-corrected chi connectivity index (χ0v) is 35.4. The van der Waals surface area contributed by atoms with Gasteiger partial charge in [0.2, 0.25) is 0 Å². The highest BCUT2D eigenvalue weighted by Crippen LogP contribution is 2.38. The van der Waals surface area contributed by atoms with Gasteiger partial charge in [-0.05, 0) is 88.1 Å². The molecule has 0 radical (unpaired) electrons. The van der Waals surface area contributed by atoms with Gasteiger partial charge in [0.1, 0.15) is 0 Å². The lowest BCUT2D eigenvalue weighted by molar-refractivity contribution is 0.196. The zero-order valence-electron chi connectivity index (χ0n) is 32.2. The van der Waals surface area contributed by atoms with E-state index in [2.05, 4.69) is 0 Å². The lowest BCUT2D eigenvalue weighted by atomic mass is 9.73. The molecular formula is C40H54O12S4. The van der Waals surface area contributed by atoms with Gasteiger partial charge in [0.05, 0.1) is 19.6 Å². The molecule has 16 heteroatoms. The summed E-state index contributed by atoms with van der Waals surface area (Å²) in [6.07, 6.45) is 15.4. The van der Waals surface area contributed by atoms with Crippen molar-refractivity contribution in [2.24, 2.45) is 11.8 Å². The standard InChI is InChI=1S/C12H22.4C7H8O3S/c1-3-7-11(8-4-1)12-9-5-2-6-10-12;4*1-6-2-4-7(5-3-6)11(8,9)10/h11-12H,1-10H2;4*2-5H,1H3,(H,8,9,10). The van der Waals surface area contributed by atoms with Gasteiger partial charge in [-0.2, -0.15) is 33.7 Å². The first-order valence-electron chi connectivity index (χ1n) is 18.1. The van der Waals surface area contributed by atoms with Gasteiger partial charge in [-0.15, -0.1) is 0 Å². The Labute approximate surface area is 333 Å². The van der Waals surface area contributed by atoms with E-state index in [1.807, 2.05) is 27.7 Å². The van der Waals surface area contributed by atoms with Crippen molar-refractivity contribution < 1.29 is 51.9 Å². The highest BCUT2D eigenvalue weighted by atomic mass is 32.2. The third kappa shape index (κ3) is 19.1. The molecule has 2 fully saturated rings. The summed E-state index contributed by atoms with van der Waals surface area (Å²) in [6, 6.07) is 24.0. The molecular weight excluding hydrogens is 801 g/mol. The molecule has 4 aromatic carbocycles. The zero-order chi connectivity index (χ0) is 42.2. The Hall–Kier alpha value is -3.48. The summed E-state index contributed by atoms with van der Waals surface area (Å²) in [5.74, 6) is 2.28. The molecule has 2 aliphatic carbocycles. The summed E-state index contributed by atoms with van der Waals surface area (Å²) >= 11 is 0. The summed E-state index contributed by atoms with van der Waals surface area (Å²) in [4.78, 5) is -0.266. The van der Waals surface area contributed by atoms with E-state index in [0.717, 1.165) is 34.1 Å². The average Bonchev–Trinajstić information content (AvgIpc) is 3.13. The van der Waals surface area contributed by atoms with Crippen LogP contribution in [0.2, 0.25) is 0 Å². The number of hydrogen-bond acceptors (Lipinski definition) is 8. The Morgan fingerprint density at radius 1 is 0.321 bits per heavy atom. The van der Waals surface area contributed by atoms with Crippen molar-refractivity contribution in [3.05, 3.63) is 119 Å². The van der Waals surface area contributed by atoms with Crippen LogP contribution in [0.4, 0.5) is 0 Å². The van der Waals surface area contributed by atoms with Crippen LogP contribution < -0.4 is 0 Å². The molecule has 0 atom stereocenters. The van der Waals surface area contributed by atoms with Crippen LogP contribution in [-0.4, -0.2) is 51.9 Å². The molecule has 0 aliphatic heterocycles. The molecule has 310 valence electrons. The van der Waals surface area contributed by atoms with Gasteiger partial charge in [0, 0.05) is 0 Å². The van der Waals surface area contributed by atoms with Crippen LogP contribution >= 0.6 is 0 Å². The third-order valence-electron chi connectivity index (χ3n) is 9.24. The van der Waals surface area contributed by atoms with Gasteiger partial charge in [0.15, 0.2) is 0 Å². The maximum absolute atomic E-state index is 10.5. The van der Waals surface area contributed by atoms with Crippen LogP contribution in [0.5, 0.6) is 0 Å². The second-order valence-electron chi connectivity index (χ2n) is 13.9.